The topological polar surface area (TPSA) is 98.5 Å². The van der Waals surface area contributed by atoms with E-state index in [0.29, 0.717) is 0 Å². The predicted molar refractivity (Wildman–Crippen MR) is 84.2 cm³/mol. The molecule has 0 unspecified atom stereocenters. The van der Waals surface area contributed by atoms with Gasteiger partial charge in [0.25, 0.3) is 0 Å². The number of benzene rings is 1. The predicted octanol–water partition coefficient (Wildman–Crippen LogP) is 0.693. The summed E-state index contributed by atoms with van der Waals surface area (Å²) in [5.74, 6) is -0.819. The number of hydrogen-bond acceptors (Lipinski definition) is 5. The summed E-state index contributed by atoms with van der Waals surface area (Å²) in [7, 11) is -3.52. The Hall–Kier alpha value is -1.51. The lowest BCUT2D eigenvalue weighted by Gasteiger charge is -2.07. The number of thiocarbonyl (C=S) groups is 1. The van der Waals surface area contributed by atoms with Crippen molar-refractivity contribution in [1.29, 1.82) is 0 Å². The summed E-state index contributed by atoms with van der Waals surface area (Å²) in [6.45, 7) is 2.05. The maximum absolute atomic E-state index is 11.7. The highest BCUT2D eigenvalue weighted by atomic mass is 32.2. The minimum atomic E-state index is -3.52. The molecule has 116 valence electrons. The van der Waals surface area contributed by atoms with Gasteiger partial charge in [-0.05, 0) is 12.5 Å². The van der Waals surface area contributed by atoms with Gasteiger partial charge in [0.05, 0.1) is 18.8 Å². The third kappa shape index (κ3) is 6.65. The van der Waals surface area contributed by atoms with Crippen LogP contribution in [0.25, 0.3) is 0 Å². The quantitative estimate of drug-likeness (QED) is 0.538. The summed E-state index contributed by atoms with van der Waals surface area (Å²) < 4.78 is 30.6. The van der Waals surface area contributed by atoms with Crippen LogP contribution in [-0.2, 0) is 26.1 Å². The van der Waals surface area contributed by atoms with Crippen molar-refractivity contribution in [2.75, 3.05) is 12.4 Å². The molecule has 0 atom stereocenters. The van der Waals surface area contributed by atoms with Gasteiger partial charge in [-0.1, -0.05) is 36.5 Å². The van der Waals surface area contributed by atoms with Gasteiger partial charge in [0.1, 0.15) is 4.99 Å². The summed E-state index contributed by atoms with van der Waals surface area (Å²) in [6.07, 6.45) is -0.163. The Labute approximate surface area is 129 Å². The van der Waals surface area contributed by atoms with E-state index in [1.54, 1.807) is 31.2 Å². The van der Waals surface area contributed by atoms with E-state index in [9.17, 15) is 13.2 Å². The first-order valence-corrected chi connectivity index (χ1v) is 8.42. The van der Waals surface area contributed by atoms with E-state index in [2.05, 4.69) is 9.46 Å². The molecule has 0 aliphatic rings. The summed E-state index contributed by atoms with van der Waals surface area (Å²) in [4.78, 5) is 11.4. The second-order valence-corrected chi connectivity index (χ2v) is 6.62. The molecule has 0 heterocycles. The van der Waals surface area contributed by atoms with Gasteiger partial charge in [-0.3, -0.25) is 4.79 Å². The standard InChI is InChI=1S/C13H18N2O4S2/c1-2-19-12(16)7-8-21(17,18)15-9-10-3-5-11(6-4-10)13(14)20/h3-6,15H,2,7-9H2,1H3,(H2,14,20). The molecule has 1 aromatic carbocycles. The second-order valence-electron chi connectivity index (χ2n) is 4.26. The molecule has 0 amide bonds. The van der Waals surface area contributed by atoms with Crippen LogP contribution >= 0.6 is 12.2 Å². The molecule has 0 saturated carbocycles. The van der Waals surface area contributed by atoms with Crippen LogP contribution in [0.4, 0.5) is 0 Å². The fraction of sp³-hybridized carbons (Fsp3) is 0.385. The molecule has 0 aromatic heterocycles. The maximum atomic E-state index is 11.7. The lowest BCUT2D eigenvalue weighted by atomic mass is 10.1. The van der Waals surface area contributed by atoms with E-state index < -0.39 is 16.0 Å². The summed E-state index contributed by atoms with van der Waals surface area (Å²) in [6, 6.07) is 6.93. The Kier molecular flexibility index (Phi) is 6.73. The zero-order valence-electron chi connectivity index (χ0n) is 11.7. The van der Waals surface area contributed by atoms with Crippen molar-refractivity contribution < 1.29 is 17.9 Å². The first-order valence-electron chi connectivity index (χ1n) is 6.35. The zero-order chi connectivity index (χ0) is 15.9. The fourth-order valence-electron chi connectivity index (χ4n) is 1.50. The third-order valence-corrected chi connectivity index (χ3v) is 4.18. The molecular weight excluding hydrogens is 312 g/mol. The molecule has 21 heavy (non-hydrogen) atoms. The number of carbonyl (C=O) groups is 1. The molecule has 0 aliphatic heterocycles. The van der Waals surface area contributed by atoms with Gasteiger partial charge in [-0.15, -0.1) is 0 Å². The molecule has 0 fully saturated rings. The number of rotatable bonds is 8. The average Bonchev–Trinajstić information content (AvgIpc) is 2.44. The Morgan fingerprint density at radius 2 is 1.95 bits per heavy atom. The minimum absolute atomic E-state index is 0.142. The van der Waals surface area contributed by atoms with E-state index in [1.807, 2.05) is 0 Å². The fourth-order valence-corrected chi connectivity index (χ4v) is 2.61. The zero-order valence-corrected chi connectivity index (χ0v) is 13.3. The van der Waals surface area contributed by atoms with Crippen LogP contribution in [0.1, 0.15) is 24.5 Å². The van der Waals surface area contributed by atoms with Crippen LogP contribution in [0.5, 0.6) is 0 Å². The number of hydrogen-bond donors (Lipinski definition) is 2. The van der Waals surface area contributed by atoms with Crippen molar-refractivity contribution in [3.05, 3.63) is 35.4 Å². The Morgan fingerprint density at radius 1 is 1.33 bits per heavy atom. The van der Waals surface area contributed by atoms with Crippen molar-refractivity contribution in [2.45, 2.75) is 19.9 Å². The van der Waals surface area contributed by atoms with Crippen LogP contribution in [0, 0.1) is 0 Å². The van der Waals surface area contributed by atoms with Crippen LogP contribution in [0.15, 0.2) is 24.3 Å². The van der Waals surface area contributed by atoms with Crippen molar-refractivity contribution >= 4 is 33.2 Å². The van der Waals surface area contributed by atoms with Gasteiger partial charge in [-0.25, -0.2) is 13.1 Å². The van der Waals surface area contributed by atoms with Crippen LogP contribution in [-0.4, -0.2) is 31.7 Å². The van der Waals surface area contributed by atoms with E-state index in [-0.39, 0.29) is 30.3 Å². The molecule has 1 rings (SSSR count). The molecule has 1 aromatic rings. The Balaban J connectivity index is 2.49. The van der Waals surface area contributed by atoms with Gasteiger partial charge in [0.15, 0.2) is 0 Å². The van der Waals surface area contributed by atoms with Gasteiger partial charge in [0.2, 0.25) is 10.0 Å². The van der Waals surface area contributed by atoms with Crippen molar-refractivity contribution in [2.24, 2.45) is 5.73 Å². The Bertz CT molecular complexity index is 597. The first-order chi connectivity index (χ1) is 9.84. The highest BCUT2D eigenvalue weighted by molar-refractivity contribution is 7.89. The summed E-state index contributed by atoms with van der Waals surface area (Å²) in [5, 5.41) is 0. The monoisotopic (exact) mass is 330 g/mol. The van der Waals surface area contributed by atoms with Gasteiger partial charge in [-0.2, -0.15) is 0 Å². The number of carbonyl (C=O) groups excluding carboxylic acids is 1. The molecule has 0 saturated heterocycles. The van der Waals surface area contributed by atoms with Crippen molar-refractivity contribution in [3.8, 4) is 0 Å². The molecule has 6 nitrogen and oxygen atoms in total. The van der Waals surface area contributed by atoms with Gasteiger partial charge in [0, 0.05) is 12.1 Å². The van der Waals surface area contributed by atoms with E-state index in [1.165, 1.54) is 0 Å². The molecule has 0 aliphatic carbocycles. The third-order valence-electron chi connectivity index (χ3n) is 2.61. The number of nitrogens with one attached hydrogen (secondary N) is 1. The highest BCUT2D eigenvalue weighted by Crippen LogP contribution is 2.05. The van der Waals surface area contributed by atoms with Crippen LogP contribution in [0.2, 0.25) is 0 Å². The smallest absolute Gasteiger partial charge is 0.306 e. The van der Waals surface area contributed by atoms with Gasteiger partial charge < -0.3 is 10.5 Å². The molecular formula is C13H18N2O4S2. The number of ether oxygens (including phenoxy) is 1. The van der Waals surface area contributed by atoms with Crippen LogP contribution < -0.4 is 10.5 Å². The number of nitrogens with two attached hydrogens (primary N) is 1. The molecule has 0 bridgehead atoms. The minimum Gasteiger partial charge on any atom is -0.466 e. The lowest BCUT2D eigenvalue weighted by molar-refractivity contribution is -0.142. The average molecular weight is 330 g/mol. The molecule has 8 heteroatoms. The maximum Gasteiger partial charge on any atom is 0.306 e. The van der Waals surface area contributed by atoms with Crippen LogP contribution in [0.3, 0.4) is 0 Å². The highest BCUT2D eigenvalue weighted by Gasteiger charge is 2.13. The van der Waals surface area contributed by atoms with E-state index >= 15 is 0 Å². The SMILES string of the molecule is CCOC(=O)CCS(=O)(=O)NCc1ccc(C(N)=S)cc1. The van der Waals surface area contributed by atoms with E-state index in [0.717, 1.165) is 11.1 Å². The first kappa shape index (κ1) is 17.5. The largest absolute Gasteiger partial charge is 0.466 e. The van der Waals surface area contributed by atoms with Crippen molar-refractivity contribution in [1.82, 2.24) is 4.72 Å². The number of sulfonamides is 1. The summed E-state index contributed by atoms with van der Waals surface area (Å²) in [5.41, 5.74) is 6.97. The Morgan fingerprint density at radius 3 is 2.48 bits per heavy atom. The molecule has 0 spiro atoms. The molecule has 0 radical (unpaired) electrons. The van der Waals surface area contributed by atoms with E-state index in [4.69, 9.17) is 18.0 Å². The molecule has 3 N–H and O–H groups in total. The van der Waals surface area contributed by atoms with Crippen molar-refractivity contribution in [3.63, 3.8) is 0 Å². The lowest BCUT2D eigenvalue weighted by Crippen LogP contribution is -2.27. The van der Waals surface area contributed by atoms with Gasteiger partial charge >= 0.3 is 5.97 Å². The summed E-state index contributed by atoms with van der Waals surface area (Å²) >= 11 is 4.83. The normalized spacial score (nSPS) is 11.1. The second kappa shape index (κ2) is 8.06. The number of esters is 1.